The fourth-order valence-electron chi connectivity index (χ4n) is 1.50. The molecule has 12 nitrogen and oxygen atoms in total. The molecule has 0 spiro atoms. The maximum atomic E-state index is 11.6. The quantitative estimate of drug-likeness (QED) is 0.236. The van der Waals surface area contributed by atoms with E-state index in [4.69, 9.17) is 20.4 Å². The van der Waals surface area contributed by atoms with Crippen LogP contribution in [0.25, 0.3) is 0 Å². The van der Waals surface area contributed by atoms with Gasteiger partial charge in [-0.2, -0.15) is 0 Å². The molecule has 0 aromatic rings. The van der Waals surface area contributed by atoms with Crippen molar-refractivity contribution in [3.05, 3.63) is 0 Å². The molecule has 6 N–H and O–H groups in total. The van der Waals surface area contributed by atoms with Crippen molar-refractivity contribution in [3.63, 3.8) is 0 Å². The van der Waals surface area contributed by atoms with Gasteiger partial charge in [-0.15, -0.1) is 0 Å². The second-order valence-corrected chi connectivity index (χ2v) is 4.59. The fraction of sp³-hybridized carbons (Fsp3) is 0.500. The number of carbonyl (C=O) groups excluding carboxylic acids is 2. The molecule has 0 bridgehead atoms. The van der Waals surface area contributed by atoms with E-state index < -0.39 is 73.5 Å². The zero-order chi connectivity index (χ0) is 18.9. The molecule has 0 aromatic carbocycles. The molecular weight excluding hydrogens is 332 g/mol. The van der Waals surface area contributed by atoms with Crippen LogP contribution < -0.4 is 10.6 Å². The van der Waals surface area contributed by atoms with Crippen LogP contribution >= 0.6 is 0 Å². The topological polar surface area (TPSA) is 207 Å². The normalized spacial score (nSPS) is 12.5. The molecule has 2 amide bonds. The third-order valence-electron chi connectivity index (χ3n) is 2.71. The van der Waals surface area contributed by atoms with Crippen LogP contribution in [0.2, 0.25) is 0 Å². The average Bonchev–Trinajstić information content (AvgIpc) is 2.45. The minimum absolute atomic E-state index is 0.481. The second kappa shape index (κ2) is 9.76. The summed E-state index contributed by atoms with van der Waals surface area (Å²) in [5.41, 5.74) is 0. The van der Waals surface area contributed by atoms with E-state index in [1.165, 1.54) is 0 Å². The molecule has 12 heteroatoms. The van der Waals surface area contributed by atoms with Crippen molar-refractivity contribution < 1.29 is 49.2 Å². The summed E-state index contributed by atoms with van der Waals surface area (Å²) < 4.78 is 0. The zero-order valence-electron chi connectivity index (χ0n) is 12.2. The van der Waals surface area contributed by atoms with Gasteiger partial charge in [0.1, 0.15) is 12.1 Å². The smallest absolute Gasteiger partial charge is 0.326 e. The number of aliphatic carboxylic acids is 4. The Morgan fingerprint density at radius 2 is 0.917 bits per heavy atom. The van der Waals surface area contributed by atoms with Gasteiger partial charge >= 0.3 is 35.7 Å². The van der Waals surface area contributed by atoms with Gasteiger partial charge in [-0.3, -0.25) is 19.2 Å². The Bertz CT molecular complexity index is 496. The Hall–Kier alpha value is -3.18. The first-order valence-corrected chi connectivity index (χ1v) is 6.55. The molecular formula is C12H16N2O10. The number of nitrogens with one attached hydrogen (secondary N) is 2. The molecule has 0 aliphatic carbocycles. The molecule has 0 heterocycles. The highest BCUT2D eigenvalue weighted by Crippen LogP contribution is 2.00. The van der Waals surface area contributed by atoms with Gasteiger partial charge in [0.25, 0.3) is 0 Å². The second-order valence-electron chi connectivity index (χ2n) is 4.59. The molecule has 0 aromatic heterocycles. The van der Waals surface area contributed by atoms with Crippen molar-refractivity contribution in [3.8, 4) is 0 Å². The lowest BCUT2D eigenvalue weighted by atomic mass is 10.1. The summed E-state index contributed by atoms with van der Waals surface area (Å²) in [6.07, 6.45) is -2.11. The average molecular weight is 348 g/mol. The number of rotatable bonds is 10. The molecule has 134 valence electrons. The van der Waals surface area contributed by atoms with E-state index in [1.807, 2.05) is 0 Å². The van der Waals surface area contributed by atoms with E-state index in [-0.39, 0.29) is 0 Å². The van der Waals surface area contributed by atoms with Crippen LogP contribution in [0, 0.1) is 0 Å². The van der Waals surface area contributed by atoms with E-state index in [0.717, 1.165) is 0 Å². The molecule has 0 aliphatic rings. The highest BCUT2D eigenvalue weighted by Gasteiger charge is 2.28. The number of carbonyl (C=O) groups is 6. The SMILES string of the molecule is O=C(O)CC[C@H](NC(=O)C(=O)N[C@@H](CCC(=O)O)C(=O)O)C(=O)O. The third kappa shape index (κ3) is 8.31. The van der Waals surface area contributed by atoms with E-state index in [1.54, 1.807) is 10.6 Å². The van der Waals surface area contributed by atoms with Gasteiger partial charge in [-0.25, -0.2) is 9.59 Å². The molecule has 0 rings (SSSR count). The summed E-state index contributed by atoms with van der Waals surface area (Å²) in [5.74, 6) is -8.71. The number of carboxylic acids is 4. The predicted molar refractivity (Wildman–Crippen MR) is 72.9 cm³/mol. The summed E-state index contributed by atoms with van der Waals surface area (Å²) in [6.45, 7) is 0. The molecule has 0 fully saturated rings. The Morgan fingerprint density at radius 3 is 1.12 bits per heavy atom. The maximum absolute atomic E-state index is 11.6. The van der Waals surface area contributed by atoms with Crippen LogP contribution in [-0.4, -0.2) is 68.2 Å². The van der Waals surface area contributed by atoms with Gasteiger partial charge < -0.3 is 31.1 Å². The van der Waals surface area contributed by atoms with Gasteiger partial charge in [0.05, 0.1) is 0 Å². The first kappa shape index (κ1) is 20.8. The molecule has 0 saturated heterocycles. The molecule has 0 radical (unpaired) electrons. The third-order valence-corrected chi connectivity index (χ3v) is 2.71. The standard InChI is InChI=1S/C12H16N2O10/c15-7(16)3-1-5(11(21)22)13-9(19)10(20)14-6(12(23)24)2-4-8(17)18/h5-6H,1-4H2,(H,13,19)(H,14,20)(H,15,16)(H,17,18)(H,21,22)(H,23,24)/t5-,6-/m0/s1. The summed E-state index contributed by atoms with van der Waals surface area (Å²) in [5, 5.41) is 38.1. The first-order valence-electron chi connectivity index (χ1n) is 6.55. The first-order chi connectivity index (χ1) is 11.0. The van der Waals surface area contributed by atoms with E-state index in [9.17, 15) is 28.8 Å². The summed E-state index contributed by atoms with van der Waals surface area (Å²) >= 11 is 0. The molecule has 0 saturated carbocycles. The van der Waals surface area contributed by atoms with Crippen molar-refractivity contribution in [1.29, 1.82) is 0 Å². The Labute approximate surface area is 134 Å². The number of carboxylic acid groups (broad SMARTS) is 4. The lowest BCUT2D eigenvalue weighted by Crippen LogP contribution is -2.51. The van der Waals surface area contributed by atoms with Gasteiger partial charge in [-0.05, 0) is 12.8 Å². The van der Waals surface area contributed by atoms with E-state index in [2.05, 4.69) is 0 Å². The molecule has 0 unspecified atom stereocenters. The number of hydrogen-bond acceptors (Lipinski definition) is 6. The zero-order valence-corrected chi connectivity index (χ0v) is 12.2. The Kier molecular flexibility index (Phi) is 8.47. The van der Waals surface area contributed by atoms with Crippen LogP contribution in [0.1, 0.15) is 25.7 Å². The van der Waals surface area contributed by atoms with Crippen molar-refractivity contribution in [2.45, 2.75) is 37.8 Å². The van der Waals surface area contributed by atoms with Crippen molar-refractivity contribution >= 4 is 35.7 Å². The van der Waals surface area contributed by atoms with Crippen molar-refractivity contribution in [2.75, 3.05) is 0 Å². The van der Waals surface area contributed by atoms with Crippen LogP contribution in [0.15, 0.2) is 0 Å². The van der Waals surface area contributed by atoms with Crippen molar-refractivity contribution in [1.82, 2.24) is 10.6 Å². The van der Waals surface area contributed by atoms with E-state index >= 15 is 0 Å². The lowest BCUT2D eigenvalue weighted by molar-refractivity contribution is -0.148. The highest BCUT2D eigenvalue weighted by atomic mass is 16.4. The lowest BCUT2D eigenvalue weighted by Gasteiger charge is -2.16. The monoisotopic (exact) mass is 348 g/mol. The number of amides is 2. The fourth-order valence-corrected chi connectivity index (χ4v) is 1.50. The minimum Gasteiger partial charge on any atom is -0.481 e. The van der Waals surface area contributed by atoms with E-state index in [0.29, 0.717) is 0 Å². The minimum atomic E-state index is -1.65. The van der Waals surface area contributed by atoms with Crippen molar-refractivity contribution in [2.24, 2.45) is 0 Å². The van der Waals surface area contributed by atoms with Gasteiger partial charge in [0.2, 0.25) is 0 Å². The number of hydrogen-bond donors (Lipinski definition) is 6. The summed E-state index contributed by atoms with van der Waals surface area (Å²) in [4.78, 5) is 65.7. The van der Waals surface area contributed by atoms with Gasteiger partial charge in [0, 0.05) is 12.8 Å². The molecule has 2 atom stereocenters. The summed E-state index contributed by atoms with van der Waals surface area (Å²) in [6, 6.07) is -3.30. The molecule has 24 heavy (non-hydrogen) atoms. The van der Waals surface area contributed by atoms with Gasteiger partial charge in [0.15, 0.2) is 0 Å². The predicted octanol–water partition coefficient (Wildman–Crippen LogP) is -2.15. The van der Waals surface area contributed by atoms with Crippen LogP contribution in [0.5, 0.6) is 0 Å². The van der Waals surface area contributed by atoms with Gasteiger partial charge in [-0.1, -0.05) is 0 Å². The maximum Gasteiger partial charge on any atom is 0.326 e. The molecule has 0 aliphatic heterocycles. The van der Waals surface area contributed by atoms with Crippen LogP contribution in [0.3, 0.4) is 0 Å². The van der Waals surface area contributed by atoms with Crippen LogP contribution in [-0.2, 0) is 28.8 Å². The van der Waals surface area contributed by atoms with Crippen LogP contribution in [0.4, 0.5) is 0 Å². The largest absolute Gasteiger partial charge is 0.481 e. The highest BCUT2D eigenvalue weighted by molar-refractivity contribution is 6.35. The Balaban J connectivity index is 4.72. The Morgan fingerprint density at radius 1 is 0.625 bits per heavy atom. The summed E-state index contributed by atoms with van der Waals surface area (Å²) in [7, 11) is 0.